The highest BCUT2D eigenvalue weighted by Gasteiger charge is 2.24. The van der Waals surface area contributed by atoms with Gasteiger partial charge in [-0.1, -0.05) is 29.5 Å². The van der Waals surface area contributed by atoms with Crippen LogP contribution in [0.5, 0.6) is 11.5 Å². The summed E-state index contributed by atoms with van der Waals surface area (Å²) in [5, 5.41) is 19.4. The summed E-state index contributed by atoms with van der Waals surface area (Å²) in [6, 6.07) is 8.68. The highest BCUT2D eigenvalue weighted by molar-refractivity contribution is 7.99. The molecule has 2 aromatic rings. The van der Waals surface area contributed by atoms with Gasteiger partial charge in [-0.15, -0.1) is 0 Å². The van der Waals surface area contributed by atoms with Crippen molar-refractivity contribution < 1.29 is 15.0 Å². The van der Waals surface area contributed by atoms with Gasteiger partial charge in [-0.2, -0.15) is 0 Å². The Labute approximate surface area is 114 Å². The Morgan fingerprint density at radius 1 is 1.11 bits per heavy atom. The van der Waals surface area contributed by atoms with Crippen LogP contribution in [0, 0.1) is 6.92 Å². The quantitative estimate of drug-likeness (QED) is 0.772. The van der Waals surface area contributed by atoms with E-state index in [1.165, 1.54) is 23.9 Å². The molecule has 96 valence electrons. The molecule has 3 rings (SSSR count). The second-order valence-electron chi connectivity index (χ2n) is 4.65. The van der Waals surface area contributed by atoms with E-state index >= 15 is 0 Å². The molecule has 0 fully saturated rings. The van der Waals surface area contributed by atoms with E-state index in [9.17, 15) is 15.0 Å². The monoisotopic (exact) mass is 272 g/mol. The van der Waals surface area contributed by atoms with Crippen LogP contribution in [0.4, 0.5) is 0 Å². The molecular formula is C15H12O3S. The smallest absolute Gasteiger partial charge is 0.172 e. The average Bonchev–Trinajstić information content (AvgIpc) is 2.44. The van der Waals surface area contributed by atoms with E-state index in [1.807, 2.05) is 25.1 Å². The minimum atomic E-state index is -0.156. The van der Waals surface area contributed by atoms with Gasteiger partial charge in [-0.3, -0.25) is 4.79 Å². The molecule has 0 aliphatic carbocycles. The number of hydrogen-bond acceptors (Lipinski definition) is 4. The summed E-state index contributed by atoms with van der Waals surface area (Å²) in [5.74, 6) is -0.312. The van der Waals surface area contributed by atoms with Gasteiger partial charge in [0.05, 0.1) is 5.56 Å². The molecule has 1 aliphatic rings. The van der Waals surface area contributed by atoms with Gasteiger partial charge in [-0.25, -0.2) is 0 Å². The van der Waals surface area contributed by atoms with E-state index in [0.29, 0.717) is 10.5 Å². The van der Waals surface area contributed by atoms with Gasteiger partial charge in [0, 0.05) is 22.3 Å². The van der Waals surface area contributed by atoms with Gasteiger partial charge in [0.15, 0.2) is 5.78 Å². The highest BCUT2D eigenvalue weighted by Crippen LogP contribution is 2.42. The average molecular weight is 272 g/mol. The molecular weight excluding hydrogens is 260 g/mol. The van der Waals surface area contributed by atoms with Crippen LogP contribution in [0.2, 0.25) is 0 Å². The van der Waals surface area contributed by atoms with Gasteiger partial charge >= 0.3 is 0 Å². The number of carbonyl (C=O) groups is 1. The lowest BCUT2D eigenvalue weighted by atomic mass is 10.0. The lowest BCUT2D eigenvalue weighted by Crippen LogP contribution is -2.03. The van der Waals surface area contributed by atoms with Crippen LogP contribution in [0.3, 0.4) is 0 Å². The fourth-order valence-corrected chi connectivity index (χ4v) is 3.41. The lowest BCUT2D eigenvalue weighted by Gasteiger charge is -2.07. The molecule has 0 saturated carbocycles. The summed E-state index contributed by atoms with van der Waals surface area (Å²) in [6.07, 6.45) is 0.273. The van der Waals surface area contributed by atoms with Gasteiger partial charge in [0.2, 0.25) is 0 Å². The number of rotatable bonds is 0. The summed E-state index contributed by atoms with van der Waals surface area (Å²) in [7, 11) is 0. The molecule has 2 aromatic carbocycles. The van der Waals surface area contributed by atoms with Crippen molar-refractivity contribution in [3.8, 4) is 11.5 Å². The normalized spacial score (nSPS) is 13.6. The largest absolute Gasteiger partial charge is 0.508 e. The maximum absolute atomic E-state index is 12.3. The minimum Gasteiger partial charge on any atom is -0.508 e. The van der Waals surface area contributed by atoms with Crippen LogP contribution in [0.1, 0.15) is 21.5 Å². The first-order valence-electron chi connectivity index (χ1n) is 5.91. The standard InChI is InChI=1S/C15H12O3S/c1-8-2-3-13-9(4-8)5-11(17)15-12(18)6-10(16)7-14(15)19-13/h2-4,6-7,16,18H,5H2,1H3. The molecule has 0 aromatic heterocycles. The van der Waals surface area contributed by atoms with Crippen molar-refractivity contribution in [3.05, 3.63) is 47.0 Å². The number of Topliss-reactive ketones (excluding diaryl/α,β-unsaturated/α-hetero) is 1. The first-order valence-corrected chi connectivity index (χ1v) is 6.73. The van der Waals surface area contributed by atoms with Gasteiger partial charge in [-0.05, 0) is 24.6 Å². The number of fused-ring (bicyclic) bond motifs is 2. The highest BCUT2D eigenvalue weighted by atomic mass is 32.2. The fraction of sp³-hybridized carbons (Fsp3) is 0.133. The maximum Gasteiger partial charge on any atom is 0.172 e. The van der Waals surface area contributed by atoms with E-state index in [2.05, 4.69) is 0 Å². The Balaban J connectivity index is 2.21. The Morgan fingerprint density at radius 2 is 1.89 bits per heavy atom. The Kier molecular flexibility index (Phi) is 2.75. The Bertz CT molecular complexity index is 692. The van der Waals surface area contributed by atoms with Crippen molar-refractivity contribution in [3.63, 3.8) is 0 Å². The molecule has 0 saturated heterocycles. The summed E-state index contributed by atoms with van der Waals surface area (Å²) in [5.41, 5.74) is 2.37. The number of benzene rings is 2. The number of aromatic hydroxyl groups is 2. The first-order chi connectivity index (χ1) is 9.04. The van der Waals surface area contributed by atoms with Crippen molar-refractivity contribution in [1.29, 1.82) is 0 Å². The second kappa shape index (κ2) is 4.31. The van der Waals surface area contributed by atoms with Gasteiger partial charge < -0.3 is 10.2 Å². The van der Waals surface area contributed by atoms with E-state index in [4.69, 9.17) is 0 Å². The summed E-state index contributed by atoms with van der Waals surface area (Å²) in [4.78, 5) is 13.8. The molecule has 0 radical (unpaired) electrons. The van der Waals surface area contributed by atoms with Crippen molar-refractivity contribution in [1.82, 2.24) is 0 Å². The molecule has 0 spiro atoms. The molecule has 0 amide bonds. The fourth-order valence-electron chi connectivity index (χ4n) is 2.27. The van der Waals surface area contributed by atoms with E-state index in [0.717, 1.165) is 16.0 Å². The predicted octanol–water partition coefficient (Wildman–Crippen LogP) is 3.30. The van der Waals surface area contributed by atoms with E-state index < -0.39 is 0 Å². The number of phenolic OH excluding ortho intramolecular Hbond substituents is 2. The first kappa shape index (κ1) is 12.1. The maximum atomic E-state index is 12.3. The lowest BCUT2D eigenvalue weighted by molar-refractivity contribution is 0.0987. The van der Waals surface area contributed by atoms with E-state index in [-0.39, 0.29) is 23.7 Å². The molecule has 0 atom stereocenters. The molecule has 2 N–H and O–H groups in total. The second-order valence-corrected chi connectivity index (χ2v) is 5.74. The number of phenols is 2. The van der Waals surface area contributed by atoms with Crippen molar-refractivity contribution in [2.75, 3.05) is 0 Å². The molecule has 1 aliphatic heterocycles. The van der Waals surface area contributed by atoms with Gasteiger partial charge in [0.1, 0.15) is 11.5 Å². The third-order valence-electron chi connectivity index (χ3n) is 3.13. The molecule has 0 bridgehead atoms. The van der Waals surface area contributed by atoms with E-state index in [1.54, 1.807) is 0 Å². The summed E-state index contributed by atoms with van der Waals surface area (Å²) < 4.78 is 0. The third-order valence-corrected chi connectivity index (χ3v) is 4.29. The minimum absolute atomic E-state index is 0.0351. The van der Waals surface area contributed by atoms with Crippen LogP contribution in [-0.4, -0.2) is 16.0 Å². The Morgan fingerprint density at radius 3 is 2.68 bits per heavy atom. The SMILES string of the molecule is Cc1ccc2c(c1)CC(=O)c1c(O)cc(O)cc1S2. The van der Waals surface area contributed by atoms with Crippen LogP contribution < -0.4 is 0 Å². The number of ketones is 1. The van der Waals surface area contributed by atoms with Crippen molar-refractivity contribution in [2.24, 2.45) is 0 Å². The Hall–Kier alpha value is -1.94. The topological polar surface area (TPSA) is 57.5 Å². The van der Waals surface area contributed by atoms with Crippen LogP contribution in [0.25, 0.3) is 0 Å². The summed E-state index contributed by atoms with van der Waals surface area (Å²) >= 11 is 1.40. The molecule has 0 unspecified atom stereocenters. The predicted molar refractivity (Wildman–Crippen MR) is 73.1 cm³/mol. The molecule has 1 heterocycles. The number of aryl methyl sites for hydroxylation is 1. The molecule has 19 heavy (non-hydrogen) atoms. The number of carbonyl (C=O) groups excluding carboxylic acids is 1. The number of hydrogen-bond donors (Lipinski definition) is 2. The summed E-state index contributed by atoms with van der Waals surface area (Å²) in [6.45, 7) is 1.98. The van der Waals surface area contributed by atoms with Crippen LogP contribution >= 0.6 is 11.8 Å². The van der Waals surface area contributed by atoms with Crippen molar-refractivity contribution in [2.45, 2.75) is 23.1 Å². The van der Waals surface area contributed by atoms with Crippen LogP contribution in [0.15, 0.2) is 40.1 Å². The van der Waals surface area contributed by atoms with Crippen molar-refractivity contribution >= 4 is 17.5 Å². The van der Waals surface area contributed by atoms with Crippen LogP contribution in [-0.2, 0) is 6.42 Å². The zero-order valence-corrected chi connectivity index (χ0v) is 11.1. The van der Waals surface area contributed by atoms with Gasteiger partial charge in [0.25, 0.3) is 0 Å². The molecule has 3 nitrogen and oxygen atoms in total. The third kappa shape index (κ3) is 2.08. The molecule has 4 heteroatoms. The zero-order chi connectivity index (χ0) is 13.6. The zero-order valence-electron chi connectivity index (χ0n) is 10.3.